The molecule has 0 radical (unpaired) electrons. The molecular formula is C15H21N3O. The van der Waals surface area contributed by atoms with E-state index >= 15 is 0 Å². The predicted molar refractivity (Wildman–Crippen MR) is 78.1 cm³/mol. The maximum atomic E-state index is 5.24. The molecule has 0 saturated carbocycles. The number of benzene rings is 1. The zero-order valence-electron chi connectivity index (χ0n) is 11.7. The summed E-state index contributed by atoms with van der Waals surface area (Å²) in [7, 11) is 1.73. The number of nitrogens with one attached hydrogen (secondary N) is 2. The molecule has 2 rings (SSSR count). The van der Waals surface area contributed by atoms with Gasteiger partial charge in [0.1, 0.15) is 0 Å². The Bertz CT molecular complexity index is 477. The van der Waals surface area contributed by atoms with Crippen molar-refractivity contribution >= 4 is 5.69 Å². The maximum absolute atomic E-state index is 5.24. The van der Waals surface area contributed by atoms with E-state index in [1.165, 1.54) is 0 Å². The molecule has 1 atom stereocenters. The van der Waals surface area contributed by atoms with E-state index < -0.39 is 0 Å². The van der Waals surface area contributed by atoms with Crippen molar-refractivity contribution in [2.45, 2.75) is 19.9 Å². The number of hydrogen-bond donors (Lipinski definition) is 2. The Kier molecular flexibility index (Phi) is 4.58. The number of hydrogen-bond acceptors (Lipinski definition) is 3. The molecule has 0 spiro atoms. The lowest BCUT2D eigenvalue weighted by molar-refractivity contribution is 0.171. The topological polar surface area (TPSA) is 49.9 Å². The van der Waals surface area contributed by atoms with Crippen LogP contribution in [0.2, 0.25) is 0 Å². The Morgan fingerprint density at radius 2 is 1.95 bits per heavy atom. The van der Waals surface area contributed by atoms with E-state index in [9.17, 15) is 0 Å². The summed E-state index contributed by atoms with van der Waals surface area (Å²) in [4.78, 5) is 0. The summed E-state index contributed by atoms with van der Waals surface area (Å²) in [6.45, 7) is 5.09. The van der Waals surface area contributed by atoms with E-state index in [4.69, 9.17) is 4.74 Å². The minimum Gasteiger partial charge on any atom is -0.383 e. The largest absolute Gasteiger partial charge is 0.383 e. The van der Waals surface area contributed by atoms with Gasteiger partial charge in [0.05, 0.1) is 18.3 Å². The Balaban J connectivity index is 2.06. The lowest BCUT2D eigenvalue weighted by Crippen LogP contribution is -2.30. The molecular weight excluding hydrogens is 238 g/mol. The van der Waals surface area contributed by atoms with Gasteiger partial charge in [-0.1, -0.05) is 26.0 Å². The first-order valence-corrected chi connectivity index (χ1v) is 6.56. The van der Waals surface area contributed by atoms with Gasteiger partial charge in [0.15, 0.2) is 0 Å². The summed E-state index contributed by atoms with van der Waals surface area (Å²) in [6, 6.07) is 10.6. The van der Waals surface area contributed by atoms with Crippen LogP contribution in [0.15, 0.2) is 36.5 Å². The zero-order valence-corrected chi connectivity index (χ0v) is 11.7. The SMILES string of the molecule is COCC(Nc1ccc(-c2ccn[nH]2)cc1)C(C)C. The fraction of sp³-hybridized carbons (Fsp3) is 0.400. The number of rotatable bonds is 6. The third kappa shape index (κ3) is 3.58. The van der Waals surface area contributed by atoms with Gasteiger partial charge in [0.25, 0.3) is 0 Å². The van der Waals surface area contributed by atoms with Crippen LogP contribution in [-0.4, -0.2) is 30.0 Å². The predicted octanol–water partition coefficient (Wildman–Crippen LogP) is 3.16. The highest BCUT2D eigenvalue weighted by atomic mass is 16.5. The Labute approximate surface area is 114 Å². The van der Waals surface area contributed by atoms with Crippen molar-refractivity contribution in [2.75, 3.05) is 19.0 Å². The third-order valence-electron chi connectivity index (χ3n) is 3.20. The van der Waals surface area contributed by atoms with Gasteiger partial charge in [0.2, 0.25) is 0 Å². The molecule has 19 heavy (non-hydrogen) atoms. The van der Waals surface area contributed by atoms with Crippen LogP contribution in [-0.2, 0) is 4.74 Å². The van der Waals surface area contributed by atoms with E-state index in [1.807, 2.05) is 6.07 Å². The highest BCUT2D eigenvalue weighted by Gasteiger charge is 2.12. The molecule has 1 aromatic carbocycles. The smallest absolute Gasteiger partial charge is 0.0666 e. The molecule has 0 fully saturated rings. The Morgan fingerprint density at radius 1 is 1.21 bits per heavy atom. The van der Waals surface area contributed by atoms with Crippen molar-refractivity contribution in [2.24, 2.45) is 5.92 Å². The maximum Gasteiger partial charge on any atom is 0.0666 e. The average molecular weight is 259 g/mol. The molecule has 0 amide bonds. The van der Waals surface area contributed by atoms with Gasteiger partial charge in [0, 0.05) is 19.0 Å². The summed E-state index contributed by atoms with van der Waals surface area (Å²) < 4.78 is 5.24. The fourth-order valence-corrected chi connectivity index (χ4v) is 1.96. The van der Waals surface area contributed by atoms with E-state index in [0.29, 0.717) is 18.6 Å². The van der Waals surface area contributed by atoms with Crippen LogP contribution < -0.4 is 5.32 Å². The van der Waals surface area contributed by atoms with Crippen molar-refractivity contribution in [3.8, 4) is 11.3 Å². The van der Waals surface area contributed by atoms with Crippen LogP contribution in [0.1, 0.15) is 13.8 Å². The normalized spacial score (nSPS) is 12.6. The molecule has 0 saturated heterocycles. The highest BCUT2D eigenvalue weighted by Crippen LogP contribution is 2.20. The first kappa shape index (κ1) is 13.6. The van der Waals surface area contributed by atoms with E-state index in [-0.39, 0.29) is 0 Å². The van der Waals surface area contributed by atoms with Crippen molar-refractivity contribution in [3.63, 3.8) is 0 Å². The number of methoxy groups -OCH3 is 1. The van der Waals surface area contributed by atoms with Gasteiger partial charge in [-0.3, -0.25) is 5.10 Å². The number of aromatic nitrogens is 2. The van der Waals surface area contributed by atoms with Crippen LogP contribution in [0.4, 0.5) is 5.69 Å². The molecule has 4 nitrogen and oxygen atoms in total. The van der Waals surface area contributed by atoms with Crippen molar-refractivity contribution in [1.29, 1.82) is 0 Å². The summed E-state index contributed by atoms with van der Waals surface area (Å²) >= 11 is 0. The van der Waals surface area contributed by atoms with Crippen LogP contribution in [0, 0.1) is 5.92 Å². The number of H-pyrrole nitrogens is 1. The quantitative estimate of drug-likeness (QED) is 0.837. The first-order chi connectivity index (χ1) is 9.20. The van der Waals surface area contributed by atoms with Gasteiger partial charge in [-0.25, -0.2) is 0 Å². The fourth-order valence-electron chi connectivity index (χ4n) is 1.96. The molecule has 1 heterocycles. The minimum absolute atomic E-state index is 0.322. The molecule has 4 heteroatoms. The van der Waals surface area contributed by atoms with Gasteiger partial charge < -0.3 is 10.1 Å². The lowest BCUT2D eigenvalue weighted by atomic mass is 10.0. The van der Waals surface area contributed by atoms with Gasteiger partial charge in [-0.05, 0) is 29.7 Å². The monoisotopic (exact) mass is 259 g/mol. The number of nitrogens with zero attached hydrogens (tertiary/aromatic N) is 1. The molecule has 0 aliphatic carbocycles. The van der Waals surface area contributed by atoms with Crippen molar-refractivity contribution in [1.82, 2.24) is 10.2 Å². The van der Waals surface area contributed by atoms with Crippen LogP contribution in [0.25, 0.3) is 11.3 Å². The molecule has 2 N–H and O–H groups in total. The standard InChI is InChI=1S/C15H21N3O/c1-11(2)15(10-19-3)17-13-6-4-12(5-7-13)14-8-9-16-18-14/h4-9,11,15,17H,10H2,1-3H3,(H,16,18). The average Bonchev–Trinajstić information content (AvgIpc) is 2.93. The molecule has 1 aromatic heterocycles. The minimum atomic E-state index is 0.322. The molecule has 2 aromatic rings. The second-order valence-corrected chi connectivity index (χ2v) is 5.00. The molecule has 0 aliphatic rings. The number of anilines is 1. The third-order valence-corrected chi connectivity index (χ3v) is 3.20. The second kappa shape index (κ2) is 6.38. The molecule has 0 bridgehead atoms. The molecule has 0 aliphatic heterocycles. The first-order valence-electron chi connectivity index (χ1n) is 6.56. The summed E-state index contributed by atoms with van der Waals surface area (Å²) in [5, 5.41) is 10.4. The van der Waals surface area contributed by atoms with Gasteiger partial charge >= 0.3 is 0 Å². The summed E-state index contributed by atoms with van der Waals surface area (Å²) in [5.74, 6) is 0.521. The molecule has 102 valence electrons. The lowest BCUT2D eigenvalue weighted by Gasteiger charge is -2.22. The number of ether oxygens (including phenoxy) is 1. The van der Waals surface area contributed by atoms with E-state index in [1.54, 1.807) is 13.3 Å². The van der Waals surface area contributed by atoms with E-state index in [0.717, 1.165) is 16.9 Å². The van der Waals surface area contributed by atoms with Crippen LogP contribution in [0.3, 0.4) is 0 Å². The number of aromatic amines is 1. The van der Waals surface area contributed by atoms with Crippen molar-refractivity contribution in [3.05, 3.63) is 36.5 Å². The Morgan fingerprint density at radius 3 is 2.47 bits per heavy atom. The zero-order chi connectivity index (χ0) is 13.7. The summed E-state index contributed by atoms with van der Waals surface area (Å²) in [5.41, 5.74) is 3.28. The van der Waals surface area contributed by atoms with Crippen LogP contribution in [0.5, 0.6) is 0 Å². The highest BCUT2D eigenvalue weighted by molar-refractivity contribution is 5.62. The van der Waals surface area contributed by atoms with E-state index in [2.05, 4.69) is 53.6 Å². The van der Waals surface area contributed by atoms with Gasteiger partial charge in [-0.15, -0.1) is 0 Å². The Hall–Kier alpha value is -1.81. The van der Waals surface area contributed by atoms with Crippen molar-refractivity contribution < 1.29 is 4.74 Å². The van der Waals surface area contributed by atoms with Crippen LogP contribution >= 0.6 is 0 Å². The van der Waals surface area contributed by atoms with Gasteiger partial charge in [-0.2, -0.15) is 5.10 Å². The second-order valence-electron chi connectivity index (χ2n) is 5.00. The summed E-state index contributed by atoms with van der Waals surface area (Å²) in [6.07, 6.45) is 1.76. The molecule has 1 unspecified atom stereocenters.